The maximum atomic E-state index is 12.5. The molecule has 0 bridgehead atoms. The van der Waals surface area contributed by atoms with E-state index in [1.807, 2.05) is 55.5 Å². The zero-order valence-corrected chi connectivity index (χ0v) is 18.7. The first kappa shape index (κ1) is 23.7. The predicted octanol–water partition coefficient (Wildman–Crippen LogP) is 3.56. The van der Waals surface area contributed by atoms with Crippen LogP contribution in [-0.2, 0) is 16.1 Å². The third-order valence-corrected chi connectivity index (χ3v) is 4.78. The lowest BCUT2D eigenvalue weighted by Crippen LogP contribution is -2.22. The number of benzene rings is 2. The lowest BCUT2D eigenvalue weighted by molar-refractivity contribution is -0.116. The van der Waals surface area contributed by atoms with Crippen molar-refractivity contribution >= 4 is 17.3 Å². The predicted molar refractivity (Wildman–Crippen MR) is 131 cm³/mol. The number of nitrogens with two attached hydrogens (primary N) is 1. The smallest absolute Gasteiger partial charge is 0.267 e. The number of rotatable bonds is 11. The fourth-order valence-corrected chi connectivity index (χ4v) is 3.25. The van der Waals surface area contributed by atoms with Gasteiger partial charge in [-0.05, 0) is 62.4 Å². The van der Waals surface area contributed by atoms with Crippen molar-refractivity contribution in [3.63, 3.8) is 0 Å². The van der Waals surface area contributed by atoms with Crippen LogP contribution < -0.4 is 21.9 Å². The number of anilines is 2. The number of carbonyl (C=O) groups is 1. The molecule has 1 heterocycles. The van der Waals surface area contributed by atoms with E-state index < -0.39 is 0 Å². The second kappa shape index (κ2) is 11.6. The molecule has 0 unspecified atom stereocenters. The number of hydrogen-bond acceptors (Lipinski definition) is 6. The maximum absolute atomic E-state index is 12.5. The van der Waals surface area contributed by atoms with Crippen molar-refractivity contribution < 1.29 is 9.53 Å². The summed E-state index contributed by atoms with van der Waals surface area (Å²) in [6, 6.07) is 18.2. The van der Waals surface area contributed by atoms with E-state index in [0.29, 0.717) is 49.8 Å². The molecule has 3 rings (SSSR count). The Bertz CT molecular complexity index is 1170. The molecule has 0 saturated carbocycles. The van der Waals surface area contributed by atoms with Crippen molar-refractivity contribution in [2.75, 3.05) is 23.8 Å². The number of carbonyl (C=O) groups excluding carboxylic acids is 1. The lowest BCUT2D eigenvalue weighted by atomic mass is 10.1. The summed E-state index contributed by atoms with van der Waals surface area (Å²) in [6.07, 6.45) is 1.00. The molecule has 0 saturated heterocycles. The Morgan fingerprint density at radius 3 is 2.61 bits per heavy atom. The summed E-state index contributed by atoms with van der Waals surface area (Å²) < 4.78 is 6.75. The van der Waals surface area contributed by atoms with Gasteiger partial charge in [0.15, 0.2) is 5.88 Å². The highest BCUT2D eigenvalue weighted by molar-refractivity contribution is 5.91. The Balaban J connectivity index is 1.78. The molecule has 2 aromatic carbocycles. The molecule has 33 heavy (non-hydrogen) atoms. The van der Waals surface area contributed by atoms with E-state index >= 15 is 0 Å². The van der Waals surface area contributed by atoms with E-state index in [9.17, 15) is 9.59 Å². The van der Waals surface area contributed by atoms with Crippen LogP contribution in [0, 0.1) is 0 Å². The van der Waals surface area contributed by atoms with Gasteiger partial charge in [0.2, 0.25) is 5.91 Å². The van der Waals surface area contributed by atoms with Crippen molar-refractivity contribution in [2.24, 2.45) is 5.73 Å². The second-order valence-corrected chi connectivity index (χ2v) is 7.42. The van der Waals surface area contributed by atoms with Crippen molar-refractivity contribution in [3.8, 4) is 11.3 Å². The van der Waals surface area contributed by atoms with Crippen LogP contribution >= 0.6 is 0 Å². The molecule has 8 nitrogen and oxygen atoms in total. The van der Waals surface area contributed by atoms with E-state index in [-0.39, 0.29) is 11.5 Å². The third kappa shape index (κ3) is 7.05. The van der Waals surface area contributed by atoms with Crippen LogP contribution in [0.15, 0.2) is 77.9 Å². The lowest BCUT2D eigenvalue weighted by Gasteiger charge is -2.12. The SMILES string of the molecule is C=C(Nc1cccc(Cn2nc(-c3cccc(NC(=O)CCCN)c3)ccc2=O)c1)OCC. The summed E-state index contributed by atoms with van der Waals surface area (Å²) in [5, 5.41) is 10.5. The van der Waals surface area contributed by atoms with E-state index in [0.717, 1.165) is 16.8 Å². The Kier molecular flexibility index (Phi) is 8.37. The van der Waals surface area contributed by atoms with Crippen LogP contribution in [0.3, 0.4) is 0 Å². The van der Waals surface area contributed by atoms with Gasteiger partial charge in [-0.15, -0.1) is 0 Å². The minimum absolute atomic E-state index is 0.0870. The molecule has 0 aliphatic carbocycles. The Hall–Kier alpha value is -3.91. The van der Waals surface area contributed by atoms with Gasteiger partial charge >= 0.3 is 0 Å². The normalized spacial score (nSPS) is 10.5. The summed E-state index contributed by atoms with van der Waals surface area (Å²) in [5.41, 5.74) is 9.07. The minimum atomic E-state index is -0.206. The summed E-state index contributed by atoms with van der Waals surface area (Å²) in [5.74, 6) is 0.373. The summed E-state index contributed by atoms with van der Waals surface area (Å²) >= 11 is 0. The summed E-state index contributed by atoms with van der Waals surface area (Å²) in [4.78, 5) is 24.5. The monoisotopic (exact) mass is 447 g/mol. The van der Waals surface area contributed by atoms with E-state index in [4.69, 9.17) is 10.5 Å². The van der Waals surface area contributed by atoms with Gasteiger partial charge in [-0.2, -0.15) is 5.10 Å². The van der Waals surface area contributed by atoms with Gasteiger partial charge in [0, 0.05) is 29.4 Å². The first-order valence-electron chi connectivity index (χ1n) is 10.8. The van der Waals surface area contributed by atoms with Gasteiger partial charge in [-0.3, -0.25) is 9.59 Å². The standard InChI is InChI=1S/C25H29N5O3/c1-3-33-18(2)27-21-9-4-7-19(15-21)17-30-25(32)13-12-23(29-30)20-8-5-10-22(16-20)28-24(31)11-6-14-26/h4-5,7-10,12-13,15-16,27H,2-3,6,11,14,17,26H2,1H3,(H,28,31). The van der Waals surface area contributed by atoms with Crippen LogP contribution in [0.25, 0.3) is 11.3 Å². The molecule has 1 amide bonds. The fourth-order valence-electron chi connectivity index (χ4n) is 3.25. The Labute approximate surface area is 193 Å². The molecule has 0 aliphatic heterocycles. The van der Waals surface area contributed by atoms with Crippen LogP contribution in [0.1, 0.15) is 25.3 Å². The number of hydrogen-bond donors (Lipinski definition) is 3. The van der Waals surface area contributed by atoms with Crippen molar-refractivity contribution in [3.05, 3.63) is 89.0 Å². The molecular weight excluding hydrogens is 418 g/mol. The molecule has 4 N–H and O–H groups in total. The highest BCUT2D eigenvalue weighted by atomic mass is 16.5. The molecule has 0 radical (unpaired) electrons. The largest absolute Gasteiger partial charge is 0.480 e. The number of aromatic nitrogens is 2. The summed E-state index contributed by atoms with van der Waals surface area (Å²) in [6.45, 7) is 7.01. The van der Waals surface area contributed by atoms with E-state index in [1.165, 1.54) is 10.7 Å². The van der Waals surface area contributed by atoms with Gasteiger partial charge in [-0.1, -0.05) is 24.3 Å². The van der Waals surface area contributed by atoms with Crippen molar-refractivity contribution in [1.29, 1.82) is 0 Å². The van der Waals surface area contributed by atoms with Crippen LogP contribution in [0.4, 0.5) is 11.4 Å². The molecule has 0 fully saturated rings. The van der Waals surface area contributed by atoms with E-state index in [1.54, 1.807) is 6.07 Å². The van der Waals surface area contributed by atoms with Crippen molar-refractivity contribution in [2.45, 2.75) is 26.3 Å². The molecule has 172 valence electrons. The topological polar surface area (TPSA) is 111 Å². The molecule has 0 atom stereocenters. The molecule has 8 heteroatoms. The average Bonchev–Trinajstić information content (AvgIpc) is 2.80. The van der Waals surface area contributed by atoms with Gasteiger partial charge < -0.3 is 21.1 Å². The van der Waals surface area contributed by atoms with Crippen LogP contribution in [0.2, 0.25) is 0 Å². The number of nitrogens with zero attached hydrogens (tertiary/aromatic N) is 2. The third-order valence-electron chi connectivity index (χ3n) is 4.78. The average molecular weight is 448 g/mol. The molecule has 0 aliphatic rings. The van der Waals surface area contributed by atoms with Crippen molar-refractivity contribution in [1.82, 2.24) is 9.78 Å². The summed E-state index contributed by atoms with van der Waals surface area (Å²) in [7, 11) is 0. The number of amides is 1. The highest BCUT2D eigenvalue weighted by Crippen LogP contribution is 2.21. The quantitative estimate of drug-likeness (QED) is 0.388. The highest BCUT2D eigenvalue weighted by Gasteiger charge is 2.08. The molecule has 1 aromatic heterocycles. The Morgan fingerprint density at radius 1 is 1.09 bits per heavy atom. The molecule has 0 spiro atoms. The number of ether oxygens (including phenoxy) is 1. The zero-order chi connectivity index (χ0) is 23.6. The maximum Gasteiger partial charge on any atom is 0.267 e. The van der Waals surface area contributed by atoms with Gasteiger partial charge in [0.05, 0.1) is 18.8 Å². The first-order valence-corrected chi connectivity index (χ1v) is 10.8. The Morgan fingerprint density at radius 2 is 1.85 bits per heavy atom. The minimum Gasteiger partial charge on any atom is -0.480 e. The van der Waals surface area contributed by atoms with E-state index in [2.05, 4.69) is 22.3 Å². The van der Waals surface area contributed by atoms with Gasteiger partial charge in [-0.25, -0.2) is 4.68 Å². The molecule has 3 aromatic rings. The van der Waals surface area contributed by atoms with Gasteiger partial charge in [0.1, 0.15) is 0 Å². The fraction of sp³-hybridized carbons (Fsp3) is 0.240. The number of nitrogens with one attached hydrogen (secondary N) is 2. The first-order chi connectivity index (χ1) is 16.0. The van der Waals surface area contributed by atoms with Gasteiger partial charge in [0.25, 0.3) is 5.56 Å². The van der Waals surface area contributed by atoms with Crippen LogP contribution in [-0.4, -0.2) is 28.8 Å². The molecular formula is C25H29N5O3. The van der Waals surface area contributed by atoms with Crippen LogP contribution in [0.5, 0.6) is 0 Å². The zero-order valence-electron chi connectivity index (χ0n) is 18.7. The second-order valence-electron chi connectivity index (χ2n) is 7.42.